The lowest BCUT2D eigenvalue weighted by molar-refractivity contribution is 0.246. The van der Waals surface area contributed by atoms with Crippen molar-refractivity contribution >= 4 is 18.1 Å². The Hall–Kier alpha value is -1.00. The highest BCUT2D eigenvalue weighted by molar-refractivity contribution is 5.85. The number of nitrogens with zero attached hydrogens (tertiary/aromatic N) is 2. The van der Waals surface area contributed by atoms with Gasteiger partial charge in [-0.2, -0.15) is 0 Å². The second-order valence-electron chi connectivity index (χ2n) is 6.76. The molecule has 0 unspecified atom stereocenters. The first kappa shape index (κ1) is 18.3. The van der Waals surface area contributed by atoms with E-state index in [2.05, 4.69) is 9.80 Å². The predicted octanol–water partition coefficient (Wildman–Crippen LogP) is 4.05. The van der Waals surface area contributed by atoms with Crippen LogP contribution in [0.4, 0.5) is 10.1 Å². The van der Waals surface area contributed by atoms with Gasteiger partial charge in [-0.05, 0) is 37.4 Å². The van der Waals surface area contributed by atoms with Gasteiger partial charge in [0, 0.05) is 37.9 Å². The zero-order valence-electron chi connectivity index (χ0n) is 13.7. The first-order chi connectivity index (χ1) is 10.7. The molecule has 0 bridgehead atoms. The standard InChI is InChI=1S/C18H27FN2O.ClH/c19-17-14-16(7-8-18(17)22)21-12-10-20(11-13-21)9-3-6-15-4-1-2-5-15;/h7-8,14-15,22H,1-6,9-13H2;1H. The summed E-state index contributed by atoms with van der Waals surface area (Å²) in [6.07, 6.45) is 8.47. The molecule has 0 amide bonds. The van der Waals surface area contributed by atoms with Gasteiger partial charge in [0.05, 0.1) is 0 Å². The third-order valence-corrected chi connectivity index (χ3v) is 5.23. The molecule has 1 aromatic carbocycles. The summed E-state index contributed by atoms with van der Waals surface area (Å²) in [6.45, 7) is 5.18. The molecule has 1 N–H and O–H groups in total. The monoisotopic (exact) mass is 342 g/mol. The minimum absolute atomic E-state index is 0. The number of benzene rings is 1. The molecule has 1 aliphatic carbocycles. The van der Waals surface area contributed by atoms with Crippen LogP contribution in [0.5, 0.6) is 5.75 Å². The van der Waals surface area contributed by atoms with E-state index in [0.717, 1.165) is 37.8 Å². The van der Waals surface area contributed by atoms with E-state index in [4.69, 9.17) is 0 Å². The SMILES string of the molecule is Cl.Oc1ccc(N2CCN(CCCC3CCCC3)CC2)cc1F. The van der Waals surface area contributed by atoms with Crippen LogP contribution in [0.3, 0.4) is 0 Å². The van der Waals surface area contributed by atoms with Crippen LogP contribution in [-0.4, -0.2) is 42.7 Å². The fourth-order valence-electron chi connectivity index (χ4n) is 3.82. The Morgan fingerprint density at radius 3 is 2.43 bits per heavy atom. The maximum absolute atomic E-state index is 13.4. The number of halogens is 2. The van der Waals surface area contributed by atoms with E-state index in [1.807, 2.05) is 0 Å². The molecule has 2 aliphatic rings. The number of piperazine rings is 1. The first-order valence-electron chi connectivity index (χ1n) is 8.68. The molecule has 1 aliphatic heterocycles. The zero-order chi connectivity index (χ0) is 15.4. The van der Waals surface area contributed by atoms with Gasteiger partial charge < -0.3 is 10.0 Å². The van der Waals surface area contributed by atoms with Crippen LogP contribution in [0.2, 0.25) is 0 Å². The molecular weight excluding hydrogens is 315 g/mol. The van der Waals surface area contributed by atoms with Crippen molar-refractivity contribution in [3.05, 3.63) is 24.0 Å². The lowest BCUT2D eigenvalue weighted by Crippen LogP contribution is -2.46. The second kappa shape index (κ2) is 8.74. The van der Waals surface area contributed by atoms with Crippen molar-refractivity contribution < 1.29 is 9.50 Å². The topological polar surface area (TPSA) is 26.7 Å². The fraction of sp³-hybridized carbons (Fsp3) is 0.667. The van der Waals surface area contributed by atoms with Gasteiger partial charge in [0.25, 0.3) is 0 Å². The Bertz CT molecular complexity index is 486. The maximum Gasteiger partial charge on any atom is 0.166 e. The van der Waals surface area contributed by atoms with E-state index in [9.17, 15) is 9.50 Å². The number of hydrogen-bond acceptors (Lipinski definition) is 3. The maximum atomic E-state index is 13.4. The van der Waals surface area contributed by atoms with Gasteiger partial charge >= 0.3 is 0 Å². The minimum atomic E-state index is -0.531. The molecule has 130 valence electrons. The van der Waals surface area contributed by atoms with Crippen molar-refractivity contribution in [3.8, 4) is 5.75 Å². The third kappa shape index (κ3) is 4.98. The zero-order valence-corrected chi connectivity index (χ0v) is 14.5. The molecule has 0 radical (unpaired) electrons. The van der Waals surface area contributed by atoms with E-state index in [1.54, 1.807) is 6.07 Å². The summed E-state index contributed by atoms with van der Waals surface area (Å²) in [6, 6.07) is 4.68. The molecule has 3 rings (SSSR count). The van der Waals surface area contributed by atoms with Crippen LogP contribution in [0.1, 0.15) is 38.5 Å². The molecule has 2 fully saturated rings. The number of phenols is 1. The Kier molecular flexibility index (Phi) is 6.97. The average molecular weight is 343 g/mol. The third-order valence-electron chi connectivity index (χ3n) is 5.23. The summed E-state index contributed by atoms with van der Waals surface area (Å²) in [4.78, 5) is 4.73. The van der Waals surface area contributed by atoms with Gasteiger partial charge in [-0.25, -0.2) is 4.39 Å². The summed E-state index contributed by atoms with van der Waals surface area (Å²) >= 11 is 0. The van der Waals surface area contributed by atoms with Crippen molar-refractivity contribution in [2.75, 3.05) is 37.6 Å². The van der Waals surface area contributed by atoms with Gasteiger partial charge in [-0.1, -0.05) is 25.7 Å². The van der Waals surface area contributed by atoms with Crippen LogP contribution in [0.25, 0.3) is 0 Å². The van der Waals surface area contributed by atoms with Gasteiger partial charge in [0.2, 0.25) is 0 Å². The summed E-state index contributed by atoms with van der Waals surface area (Å²) in [5, 5.41) is 9.27. The first-order valence-corrected chi connectivity index (χ1v) is 8.68. The van der Waals surface area contributed by atoms with Crippen molar-refractivity contribution in [1.29, 1.82) is 0 Å². The molecule has 0 atom stereocenters. The number of hydrogen-bond donors (Lipinski definition) is 1. The van der Waals surface area contributed by atoms with Crippen LogP contribution < -0.4 is 4.90 Å². The van der Waals surface area contributed by atoms with Gasteiger partial charge in [-0.3, -0.25) is 4.90 Å². The molecule has 1 saturated heterocycles. The molecule has 0 spiro atoms. The molecule has 0 aromatic heterocycles. The number of rotatable bonds is 5. The van der Waals surface area contributed by atoms with Crippen molar-refractivity contribution in [2.45, 2.75) is 38.5 Å². The van der Waals surface area contributed by atoms with Crippen molar-refractivity contribution in [2.24, 2.45) is 5.92 Å². The van der Waals surface area contributed by atoms with Crippen molar-refractivity contribution in [3.63, 3.8) is 0 Å². The van der Waals surface area contributed by atoms with Crippen LogP contribution >= 0.6 is 12.4 Å². The molecule has 1 saturated carbocycles. The van der Waals surface area contributed by atoms with E-state index in [0.29, 0.717) is 0 Å². The highest BCUT2D eigenvalue weighted by Gasteiger charge is 2.19. The Morgan fingerprint density at radius 2 is 1.78 bits per heavy atom. The van der Waals surface area contributed by atoms with Crippen LogP contribution in [0.15, 0.2) is 18.2 Å². The molecule has 5 heteroatoms. The number of phenolic OH excluding ortho intramolecular Hbond substituents is 1. The quantitative estimate of drug-likeness (QED) is 0.874. The molecule has 1 aromatic rings. The van der Waals surface area contributed by atoms with Gasteiger partial charge in [0.15, 0.2) is 11.6 Å². The summed E-state index contributed by atoms with van der Waals surface area (Å²) in [5.74, 6) is 0.187. The largest absolute Gasteiger partial charge is 0.505 e. The Labute approximate surface area is 144 Å². The molecule has 1 heterocycles. The van der Waals surface area contributed by atoms with Gasteiger partial charge in [0.1, 0.15) is 0 Å². The highest BCUT2D eigenvalue weighted by atomic mass is 35.5. The second-order valence-corrected chi connectivity index (χ2v) is 6.76. The Balaban J connectivity index is 0.00000192. The number of anilines is 1. The van der Waals surface area contributed by atoms with Crippen LogP contribution in [0, 0.1) is 11.7 Å². The summed E-state index contributed by atoms with van der Waals surface area (Å²) in [5.41, 5.74) is 0.876. The smallest absolute Gasteiger partial charge is 0.166 e. The van der Waals surface area contributed by atoms with E-state index >= 15 is 0 Å². The lowest BCUT2D eigenvalue weighted by atomic mass is 10.0. The van der Waals surface area contributed by atoms with Crippen LogP contribution in [-0.2, 0) is 0 Å². The highest BCUT2D eigenvalue weighted by Crippen LogP contribution is 2.28. The molecule has 23 heavy (non-hydrogen) atoms. The van der Waals surface area contributed by atoms with Gasteiger partial charge in [-0.15, -0.1) is 12.4 Å². The number of aromatic hydroxyl groups is 1. The normalized spacial score (nSPS) is 19.8. The lowest BCUT2D eigenvalue weighted by Gasteiger charge is -2.36. The Morgan fingerprint density at radius 1 is 1.09 bits per heavy atom. The average Bonchev–Trinajstić information content (AvgIpc) is 3.04. The van der Waals surface area contributed by atoms with E-state index in [1.165, 1.54) is 57.2 Å². The molecule has 3 nitrogen and oxygen atoms in total. The van der Waals surface area contributed by atoms with E-state index in [-0.39, 0.29) is 18.2 Å². The summed E-state index contributed by atoms with van der Waals surface area (Å²) < 4.78 is 13.4. The summed E-state index contributed by atoms with van der Waals surface area (Å²) in [7, 11) is 0. The molecular formula is C18H28ClFN2O. The fourth-order valence-corrected chi connectivity index (χ4v) is 3.82. The predicted molar refractivity (Wildman–Crippen MR) is 95.2 cm³/mol. The minimum Gasteiger partial charge on any atom is -0.505 e. The van der Waals surface area contributed by atoms with E-state index < -0.39 is 5.82 Å². The van der Waals surface area contributed by atoms with Crippen molar-refractivity contribution in [1.82, 2.24) is 4.90 Å².